The molecule has 4 aromatic rings. The van der Waals surface area contributed by atoms with Gasteiger partial charge in [-0.05, 0) is 42.7 Å². The second-order valence-electron chi connectivity index (χ2n) is 8.29. The van der Waals surface area contributed by atoms with Gasteiger partial charge >= 0.3 is 0 Å². The van der Waals surface area contributed by atoms with Crippen molar-refractivity contribution in [3.05, 3.63) is 90.6 Å². The van der Waals surface area contributed by atoms with E-state index in [4.69, 9.17) is 9.40 Å². The number of pyridine rings is 1. The summed E-state index contributed by atoms with van der Waals surface area (Å²) in [5.41, 5.74) is 3.18. The van der Waals surface area contributed by atoms with Crippen molar-refractivity contribution in [3.8, 4) is 11.3 Å². The van der Waals surface area contributed by atoms with Crippen LogP contribution in [0.1, 0.15) is 24.1 Å². The van der Waals surface area contributed by atoms with Crippen molar-refractivity contribution < 1.29 is 4.42 Å². The van der Waals surface area contributed by atoms with E-state index in [-0.39, 0.29) is 0 Å². The third-order valence-electron chi connectivity index (χ3n) is 5.91. The number of hydrogen-bond donors (Lipinski definition) is 2. The Labute approximate surface area is 193 Å². The molecule has 0 radical (unpaired) electrons. The summed E-state index contributed by atoms with van der Waals surface area (Å²) in [6.45, 7) is 3.68. The topological polar surface area (TPSA) is 79.1 Å². The van der Waals surface area contributed by atoms with Gasteiger partial charge in [-0.15, -0.1) is 0 Å². The zero-order valence-electron chi connectivity index (χ0n) is 18.5. The molecule has 33 heavy (non-hydrogen) atoms. The lowest BCUT2D eigenvalue weighted by Gasteiger charge is -2.33. The van der Waals surface area contributed by atoms with Crippen LogP contribution in [0, 0.1) is 0 Å². The van der Waals surface area contributed by atoms with Crippen molar-refractivity contribution in [1.29, 1.82) is 0 Å². The van der Waals surface area contributed by atoms with Crippen LogP contribution in [0.15, 0.2) is 83.7 Å². The second kappa shape index (κ2) is 10.3. The minimum atomic E-state index is 0.351. The van der Waals surface area contributed by atoms with Crippen LogP contribution in [0.2, 0.25) is 0 Å². The average molecular weight is 441 g/mol. The summed E-state index contributed by atoms with van der Waals surface area (Å²) in [5.74, 6) is 2.13. The van der Waals surface area contributed by atoms with Crippen molar-refractivity contribution in [2.75, 3.05) is 23.7 Å². The van der Waals surface area contributed by atoms with E-state index in [9.17, 15) is 0 Å². The van der Waals surface area contributed by atoms with Gasteiger partial charge in [-0.2, -0.15) is 4.98 Å². The number of piperidine rings is 1. The fraction of sp³-hybridized carbons (Fsp3) is 0.269. The summed E-state index contributed by atoms with van der Waals surface area (Å²) in [6, 6.07) is 20.7. The Hall–Kier alpha value is -3.71. The molecular formula is C26H28N6O. The highest BCUT2D eigenvalue weighted by Gasteiger charge is 2.22. The highest BCUT2D eigenvalue weighted by atomic mass is 16.3. The van der Waals surface area contributed by atoms with E-state index in [2.05, 4.69) is 55.8 Å². The molecule has 0 bridgehead atoms. The molecule has 0 atom stereocenters. The predicted molar refractivity (Wildman–Crippen MR) is 130 cm³/mol. The number of anilines is 2. The summed E-state index contributed by atoms with van der Waals surface area (Å²) < 4.78 is 5.64. The van der Waals surface area contributed by atoms with E-state index < -0.39 is 0 Å². The van der Waals surface area contributed by atoms with Crippen molar-refractivity contribution >= 4 is 11.8 Å². The molecule has 0 aliphatic carbocycles. The Morgan fingerprint density at radius 2 is 1.79 bits per heavy atom. The number of nitrogens with one attached hydrogen (secondary N) is 2. The SMILES string of the molecule is c1ccc(CN2CCC(Nc3nc(NCc4ccccn4)ncc3-c3ccco3)CC2)cc1. The number of furan rings is 1. The maximum absolute atomic E-state index is 5.64. The Morgan fingerprint density at radius 3 is 2.55 bits per heavy atom. The molecule has 2 N–H and O–H groups in total. The Bertz CT molecular complexity index is 1130. The summed E-state index contributed by atoms with van der Waals surface area (Å²) in [6.07, 6.45) is 7.40. The molecule has 3 aromatic heterocycles. The molecule has 1 saturated heterocycles. The summed E-state index contributed by atoms with van der Waals surface area (Å²) >= 11 is 0. The van der Waals surface area contributed by atoms with E-state index >= 15 is 0 Å². The molecule has 1 aliphatic heterocycles. The van der Waals surface area contributed by atoms with Crippen LogP contribution in [0.5, 0.6) is 0 Å². The van der Waals surface area contributed by atoms with Crippen LogP contribution in [-0.2, 0) is 13.1 Å². The third kappa shape index (κ3) is 5.56. The number of likely N-dealkylation sites (tertiary alicyclic amines) is 1. The van der Waals surface area contributed by atoms with Crippen LogP contribution < -0.4 is 10.6 Å². The van der Waals surface area contributed by atoms with Crippen LogP contribution in [-0.4, -0.2) is 39.0 Å². The zero-order chi connectivity index (χ0) is 22.3. The van der Waals surface area contributed by atoms with Gasteiger partial charge in [0.05, 0.1) is 24.1 Å². The number of benzene rings is 1. The van der Waals surface area contributed by atoms with Gasteiger partial charge in [-0.3, -0.25) is 9.88 Å². The Balaban J connectivity index is 1.26. The van der Waals surface area contributed by atoms with Gasteiger partial charge in [0.25, 0.3) is 0 Å². The molecule has 5 rings (SSSR count). The van der Waals surface area contributed by atoms with E-state index in [1.807, 2.05) is 36.5 Å². The first kappa shape index (κ1) is 21.2. The molecule has 0 unspecified atom stereocenters. The molecule has 4 heterocycles. The van der Waals surface area contributed by atoms with Crippen molar-refractivity contribution in [1.82, 2.24) is 19.9 Å². The van der Waals surface area contributed by atoms with E-state index in [1.54, 1.807) is 12.5 Å². The number of nitrogens with zero attached hydrogens (tertiary/aromatic N) is 4. The fourth-order valence-corrected chi connectivity index (χ4v) is 4.13. The van der Waals surface area contributed by atoms with E-state index in [0.29, 0.717) is 18.5 Å². The van der Waals surface area contributed by atoms with Gasteiger partial charge in [-0.25, -0.2) is 4.98 Å². The maximum atomic E-state index is 5.64. The van der Waals surface area contributed by atoms with Crippen LogP contribution >= 0.6 is 0 Å². The van der Waals surface area contributed by atoms with Crippen LogP contribution in [0.3, 0.4) is 0 Å². The minimum absolute atomic E-state index is 0.351. The molecule has 1 aliphatic rings. The molecule has 1 aromatic carbocycles. The lowest BCUT2D eigenvalue weighted by Crippen LogP contribution is -2.38. The van der Waals surface area contributed by atoms with Crippen molar-refractivity contribution in [2.45, 2.75) is 32.0 Å². The second-order valence-corrected chi connectivity index (χ2v) is 8.29. The molecule has 0 spiro atoms. The van der Waals surface area contributed by atoms with Gasteiger partial charge in [0, 0.05) is 38.1 Å². The van der Waals surface area contributed by atoms with Gasteiger partial charge in [0.15, 0.2) is 0 Å². The molecule has 7 heteroatoms. The van der Waals surface area contributed by atoms with Crippen molar-refractivity contribution in [2.24, 2.45) is 0 Å². The van der Waals surface area contributed by atoms with Crippen molar-refractivity contribution in [3.63, 3.8) is 0 Å². The smallest absolute Gasteiger partial charge is 0.224 e. The number of aromatic nitrogens is 3. The summed E-state index contributed by atoms with van der Waals surface area (Å²) in [4.78, 5) is 16.2. The van der Waals surface area contributed by atoms with Gasteiger partial charge < -0.3 is 15.1 Å². The standard InChI is InChI=1S/C26H28N6O/c1-2-7-20(8-3-1)19-32-14-11-21(12-15-32)30-25-23(24-10-6-16-33-24)18-29-26(31-25)28-17-22-9-4-5-13-27-22/h1-10,13,16,18,21H,11-12,14-15,17,19H2,(H2,28,29,30,31). The summed E-state index contributed by atoms with van der Waals surface area (Å²) in [5, 5.41) is 6.95. The third-order valence-corrected chi connectivity index (χ3v) is 5.91. The normalized spacial score (nSPS) is 14.8. The Kier molecular flexibility index (Phi) is 6.58. The molecular weight excluding hydrogens is 412 g/mol. The zero-order valence-corrected chi connectivity index (χ0v) is 18.5. The Morgan fingerprint density at radius 1 is 0.939 bits per heavy atom. The lowest BCUT2D eigenvalue weighted by molar-refractivity contribution is 0.211. The van der Waals surface area contributed by atoms with Gasteiger partial charge in [0.1, 0.15) is 11.6 Å². The first-order valence-electron chi connectivity index (χ1n) is 11.4. The lowest BCUT2D eigenvalue weighted by atomic mass is 10.0. The summed E-state index contributed by atoms with van der Waals surface area (Å²) in [7, 11) is 0. The first-order valence-corrected chi connectivity index (χ1v) is 11.4. The monoisotopic (exact) mass is 440 g/mol. The van der Waals surface area contributed by atoms with Crippen LogP contribution in [0.4, 0.5) is 11.8 Å². The molecule has 0 amide bonds. The quantitative estimate of drug-likeness (QED) is 0.407. The highest BCUT2D eigenvalue weighted by molar-refractivity contribution is 5.71. The number of rotatable bonds is 8. The fourth-order valence-electron chi connectivity index (χ4n) is 4.13. The molecule has 7 nitrogen and oxygen atoms in total. The average Bonchev–Trinajstić information content (AvgIpc) is 3.40. The number of hydrogen-bond acceptors (Lipinski definition) is 7. The first-order chi connectivity index (χ1) is 16.3. The van der Waals surface area contributed by atoms with Gasteiger partial charge in [-0.1, -0.05) is 36.4 Å². The largest absolute Gasteiger partial charge is 0.464 e. The van der Waals surface area contributed by atoms with Gasteiger partial charge in [0.2, 0.25) is 5.95 Å². The van der Waals surface area contributed by atoms with E-state index in [1.165, 1.54) is 5.56 Å². The molecule has 0 saturated carbocycles. The molecule has 168 valence electrons. The minimum Gasteiger partial charge on any atom is -0.464 e. The predicted octanol–water partition coefficient (Wildman–Crippen LogP) is 4.82. The maximum Gasteiger partial charge on any atom is 0.224 e. The van der Waals surface area contributed by atoms with Crippen LogP contribution in [0.25, 0.3) is 11.3 Å². The van der Waals surface area contributed by atoms with E-state index in [0.717, 1.165) is 55.3 Å². The molecule has 1 fully saturated rings. The highest BCUT2D eigenvalue weighted by Crippen LogP contribution is 2.29.